The highest BCUT2D eigenvalue weighted by Gasteiger charge is 2.37. The van der Waals surface area contributed by atoms with Crippen molar-refractivity contribution in [3.05, 3.63) is 46.5 Å². The molecule has 1 aliphatic heterocycles. The van der Waals surface area contributed by atoms with E-state index in [1.54, 1.807) is 24.3 Å². The summed E-state index contributed by atoms with van der Waals surface area (Å²) in [5, 5.41) is 15.4. The summed E-state index contributed by atoms with van der Waals surface area (Å²) in [5.74, 6) is -0.914. The molecule has 1 aliphatic rings. The lowest BCUT2D eigenvalue weighted by atomic mass is 9.98. The number of carbonyl (C=O) groups excluding carboxylic acids is 3. The van der Waals surface area contributed by atoms with Crippen molar-refractivity contribution in [2.45, 2.75) is 18.4 Å². The number of amides is 3. The zero-order valence-corrected chi connectivity index (χ0v) is 13.5. The number of imide groups is 1. The van der Waals surface area contributed by atoms with Crippen molar-refractivity contribution in [2.75, 3.05) is 13.1 Å². The van der Waals surface area contributed by atoms with Gasteiger partial charge in [-0.15, -0.1) is 11.3 Å². The molecule has 0 radical (unpaired) electrons. The molecule has 2 N–H and O–H groups in total. The summed E-state index contributed by atoms with van der Waals surface area (Å²) in [6, 6.07) is 6.81. The van der Waals surface area contributed by atoms with Crippen LogP contribution in [0.4, 0.5) is 0 Å². The number of furan rings is 1. The molecule has 1 fully saturated rings. The molecule has 3 rings (SSSR count). The van der Waals surface area contributed by atoms with E-state index < -0.39 is 11.5 Å². The molecule has 0 saturated carbocycles. The zero-order chi connectivity index (χ0) is 17.2. The van der Waals surface area contributed by atoms with Crippen molar-refractivity contribution >= 4 is 29.1 Å². The summed E-state index contributed by atoms with van der Waals surface area (Å²) < 4.78 is 5.31. The van der Waals surface area contributed by atoms with Crippen molar-refractivity contribution in [1.82, 2.24) is 10.2 Å². The zero-order valence-electron chi connectivity index (χ0n) is 12.7. The van der Waals surface area contributed by atoms with E-state index >= 15 is 0 Å². The van der Waals surface area contributed by atoms with Crippen molar-refractivity contribution in [3.8, 4) is 0 Å². The fourth-order valence-corrected chi connectivity index (χ4v) is 3.38. The van der Waals surface area contributed by atoms with E-state index in [1.807, 2.05) is 5.38 Å². The Morgan fingerprint density at radius 1 is 1.29 bits per heavy atom. The number of likely N-dealkylation sites (tertiary alicyclic amines) is 1. The maximum atomic E-state index is 12.1. The topological polar surface area (TPSA) is 99.9 Å². The monoisotopic (exact) mass is 348 g/mol. The smallest absolute Gasteiger partial charge is 0.240 e. The molecule has 24 heavy (non-hydrogen) atoms. The van der Waals surface area contributed by atoms with E-state index in [-0.39, 0.29) is 37.7 Å². The van der Waals surface area contributed by atoms with Crippen LogP contribution in [0.25, 0.3) is 0 Å². The third kappa shape index (κ3) is 3.10. The number of nitrogens with zero attached hydrogens (tertiary/aromatic N) is 1. The standard InChI is InChI=1S/C16H16N2O5S/c19-13(9-18-14(20)5-6-15(18)21)17-10-16(22,11-3-1-7-23-11)12-4-2-8-24-12/h1-4,7-8,22H,5-6,9-10H2,(H,17,19)/t16-/m0/s1. The summed E-state index contributed by atoms with van der Waals surface area (Å²) >= 11 is 1.33. The molecule has 126 valence electrons. The van der Waals surface area contributed by atoms with Crippen LogP contribution in [0.1, 0.15) is 23.5 Å². The van der Waals surface area contributed by atoms with Gasteiger partial charge in [0.15, 0.2) is 5.60 Å². The lowest BCUT2D eigenvalue weighted by molar-refractivity contribution is -0.142. The first-order valence-electron chi connectivity index (χ1n) is 7.41. The van der Waals surface area contributed by atoms with Crippen LogP contribution in [0.3, 0.4) is 0 Å². The predicted molar refractivity (Wildman–Crippen MR) is 85.0 cm³/mol. The van der Waals surface area contributed by atoms with Crippen molar-refractivity contribution < 1.29 is 23.9 Å². The number of carbonyl (C=O) groups is 3. The van der Waals surface area contributed by atoms with Crippen LogP contribution in [-0.4, -0.2) is 40.8 Å². The highest BCUT2D eigenvalue weighted by Crippen LogP contribution is 2.32. The second-order valence-corrected chi connectivity index (χ2v) is 6.41. The Kier molecular flexibility index (Phi) is 4.50. The van der Waals surface area contributed by atoms with Crippen LogP contribution in [0.5, 0.6) is 0 Å². The normalized spacial score (nSPS) is 17.1. The minimum absolute atomic E-state index is 0.129. The lowest BCUT2D eigenvalue weighted by Gasteiger charge is -2.25. The number of thiophene rings is 1. The molecule has 0 unspecified atom stereocenters. The fourth-order valence-electron chi connectivity index (χ4n) is 2.55. The van der Waals surface area contributed by atoms with Crippen LogP contribution in [-0.2, 0) is 20.0 Å². The Morgan fingerprint density at radius 3 is 2.62 bits per heavy atom. The predicted octanol–water partition coefficient (Wildman–Crippen LogP) is 0.842. The first kappa shape index (κ1) is 16.4. The maximum absolute atomic E-state index is 12.1. The molecule has 3 amide bonds. The number of hydrogen-bond acceptors (Lipinski definition) is 6. The summed E-state index contributed by atoms with van der Waals surface area (Å²) in [5.41, 5.74) is -1.51. The first-order chi connectivity index (χ1) is 11.5. The Balaban J connectivity index is 1.69. The minimum atomic E-state index is -1.51. The van der Waals surface area contributed by atoms with Gasteiger partial charge >= 0.3 is 0 Å². The molecule has 8 heteroatoms. The number of rotatable bonds is 6. The number of hydrogen-bond donors (Lipinski definition) is 2. The maximum Gasteiger partial charge on any atom is 0.240 e. The molecule has 2 aromatic rings. The van der Waals surface area contributed by atoms with E-state index in [2.05, 4.69) is 5.32 Å². The van der Waals surface area contributed by atoms with Crippen LogP contribution in [0.15, 0.2) is 40.3 Å². The molecule has 3 heterocycles. The van der Waals surface area contributed by atoms with Crippen molar-refractivity contribution in [1.29, 1.82) is 0 Å². The minimum Gasteiger partial charge on any atom is -0.466 e. The van der Waals surface area contributed by atoms with Gasteiger partial charge in [0.1, 0.15) is 12.3 Å². The second kappa shape index (κ2) is 6.58. The van der Waals surface area contributed by atoms with Crippen LogP contribution in [0.2, 0.25) is 0 Å². The SMILES string of the molecule is O=C(CN1C(=O)CCC1=O)NC[C@](O)(c1ccco1)c1cccs1. The molecular weight excluding hydrogens is 332 g/mol. The summed E-state index contributed by atoms with van der Waals surface area (Å²) in [6.45, 7) is -0.466. The van der Waals surface area contributed by atoms with Crippen LogP contribution < -0.4 is 5.32 Å². The van der Waals surface area contributed by atoms with Crippen LogP contribution >= 0.6 is 11.3 Å². The van der Waals surface area contributed by atoms with E-state index in [0.29, 0.717) is 10.6 Å². The van der Waals surface area contributed by atoms with Crippen molar-refractivity contribution in [2.24, 2.45) is 0 Å². The average Bonchev–Trinajstić information content (AvgIpc) is 3.31. The van der Waals surface area contributed by atoms with E-state index in [9.17, 15) is 19.5 Å². The summed E-state index contributed by atoms with van der Waals surface area (Å²) in [6.07, 6.45) is 1.71. The fraction of sp³-hybridized carbons (Fsp3) is 0.312. The molecule has 2 aromatic heterocycles. The quantitative estimate of drug-likeness (QED) is 0.754. The van der Waals surface area contributed by atoms with Gasteiger partial charge in [0.25, 0.3) is 0 Å². The second-order valence-electron chi connectivity index (χ2n) is 5.47. The molecule has 0 spiro atoms. The molecule has 7 nitrogen and oxygen atoms in total. The molecule has 1 saturated heterocycles. The Labute approximate surface area is 141 Å². The van der Waals surface area contributed by atoms with Gasteiger partial charge in [-0.1, -0.05) is 6.07 Å². The highest BCUT2D eigenvalue weighted by molar-refractivity contribution is 7.10. The molecular formula is C16H16N2O5S. The van der Waals surface area contributed by atoms with E-state index in [0.717, 1.165) is 4.90 Å². The van der Waals surface area contributed by atoms with E-state index in [4.69, 9.17) is 4.42 Å². The van der Waals surface area contributed by atoms with Gasteiger partial charge in [-0.25, -0.2) is 0 Å². The molecule has 0 aromatic carbocycles. The number of nitrogens with one attached hydrogen (secondary N) is 1. The third-order valence-corrected chi connectivity index (χ3v) is 4.88. The molecule has 0 bridgehead atoms. The largest absolute Gasteiger partial charge is 0.466 e. The van der Waals surface area contributed by atoms with Gasteiger partial charge in [-0.2, -0.15) is 0 Å². The van der Waals surface area contributed by atoms with Gasteiger partial charge in [-0.05, 0) is 23.6 Å². The van der Waals surface area contributed by atoms with Gasteiger partial charge in [-0.3, -0.25) is 19.3 Å². The number of aliphatic hydroxyl groups is 1. The Bertz CT molecular complexity index is 688. The molecule has 0 aliphatic carbocycles. The van der Waals surface area contributed by atoms with E-state index in [1.165, 1.54) is 17.6 Å². The van der Waals surface area contributed by atoms with Crippen molar-refractivity contribution in [3.63, 3.8) is 0 Å². The highest BCUT2D eigenvalue weighted by atomic mass is 32.1. The Morgan fingerprint density at radius 2 is 2.04 bits per heavy atom. The molecule has 1 atom stereocenters. The van der Waals surface area contributed by atoms with Gasteiger partial charge < -0.3 is 14.8 Å². The summed E-state index contributed by atoms with van der Waals surface area (Å²) in [4.78, 5) is 36.7. The van der Waals surface area contributed by atoms with Gasteiger partial charge in [0, 0.05) is 17.7 Å². The Hall–Kier alpha value is -2.45. The average molecular weight is 348 g/mol. The van der Waals surface area contributed by atoms with Gasteiger partial charge in [0.05, 0.1) is 12.8 Å². The first-order valence-corrected chi connectivity index (χ1v) is 8.29. The lowest BCUT2D eigenvalue weighted by Crippen LogP contribution is -2.45. The van der Waals surface area contributed by atoms with Crippen LogP contribution in [0, 0.1) is 0 Å². The van der Waals surface area contributed by atoms with Gasteiger partial charge in [0.2, 0.25) is 17.7 Å². The third-order valence-electron chi connectivity index (χ3n) is 3.86. The summed E-state index contributed by atoms with van der Waals surface area (Å²) in [7, 11) is 0.